The molecule has 3 aliphatic heterocycles. The molecule has 1 aromatic rings. The number of aliphatic hydroxyl groups is 1. The van der Waals surface area contributed by atoms with Crippen LogP contribution in [0, 0.1) is 17.8 Å². The number of thioether (sulfide) groups is 1. The van der Waals surface area contributed by atoms with E-state index in [2.05, 4.69) is 17.6 Å². The first kappa shape index (κ1) is 24.1. The molecule has 3 aliphatic rings. The average Bonchev–Trinajstić information content (AvgIpc) is 3.33. The molecule has 8 heteroatoms. The molecule has 7 atom stereocenters. The van der Waals surface area contributed by atoms with Crippen molar-refractivity contribution in [2.75, 3.05) is 11.9 Å². The maximum Gasteiger partial charge on any atom is 0.244 e. The van der Waals surface area contributed by atoms with Gasteiger partial charge in [0.2, 0.25) is 17.7 Å². The zero-order valence-electron chi connectivity index (χ0n) is 20.0. The number of anilines is 1. The van der Waals surface area contributed by atoms with Crippen LogP contribution < -0.4 is 10.6 Å². The van der Waals surface area contributed by atoms with Crippen molar-refractivity contribution in [3.63, 3.8) is 0 Å². The molecular formula is C25H35N3O4S. The Morgan fingerprint density at radius 1 is 1.24 bits per heavy atom. The van der Waals surface area contributed by atoms with Gasteiger partial charge in [-0.1, -0.05) is 32.0 Å². The van der Waals surface area contributed by atoms with E-state index in [1.54, 1.807) is 16.7 Å². The molecule has 3 N–H and O–H groups in total. The zero-order chi connectivity index (χ0) is 24.1. The van der Waals surface area contributed by atoms with E-state index in [1.165, 1.54) is 0 Å². The molecule has 4 rings (SSSR count). The molecule has 0 aromatic heterocycles. The molecule has 3 amide bonds. The van der Waals surface area contributed by atoms with E-state index in [0.29, 0.717) is 12.1 Å². The van der Waals surface area contributed by atoms with Crippen molar-refractivity contribution in [1.82, 2.24) is 10.2 Å². The second kappa shape index (κ2) is 8.62. The van der Waals surface area contributed by atoms with Crippen LogP contribution in [-0.4, -0.2) is 62.0 Å². The van der Waals surface area contributed by atoms with E-state index in [1.807, 2.05) is 58.0 Å². The Kier molecular flexibility index (Phi) is 6.29. The van der Waals surface area contributed by atoms with Gasteiger partial charge in [0.25, 0.3) is 0 Å². The third kappa shape index (κ3) is 3.85. The molecule has 1 spiro atoms. The lowest BCUT2D eigenvalue weighted by Crippen LogP contribution is -2.60. The van der Waals surface area contributed by atoms with E-state index in [4.69, 9.17) is 0 Å². The van der Waals surface area contributed by atoms with Crippen LogP contribution in [0.1, 0.15) is 47.5 Å². The van der Waals surface area contributed by atoms with Crippen LogP contribution in [0.5, 0.6) is 0 Å². The summed E-state index contributed by atoms with van der Waals surface area (Å²) in [6, 6.07) is 8.09. The first-order valence-corrected chi connectivity index (χ1v) is 12.7. The van der Waals surface area contributed by atoms with Crippen LogP contribution in [0.15, 0.2) is 30.3 Å². The molecule has 0 aliphatic carbocycles. The molecule has 180 valence electrons. The topological polar surface area (TPSA) is 98.7 Å². The van der Waals surface area contributed by atoms with Crippen molar-refractivity contribution < 1.29 is 19.5 Å². The minimum atomic E-state index is -0.717. The van der Waals surface area contributed by atoms with Gasteiger partial charge in [0.15, 0.2) is 0 Å². The Morgan fingerprint density at radius 2 is 1.91 bits per heavy atom. The number of carbonyl (C=O) groups excluding carboxylic acids is 3. The number of aliphatic hydroxyl groups excluding tert-OH is 1. The largest absolute Gasteiger partial charge is 0.394 e. The molecule has 3 heterocycles. The Hall–Kier alpha value is -2.06. The summed E-state index contributed by atoms with van der Waals surface area (Å²) < 4.78 is -0.682. The fraction of sp³-hybridized carbons (Fsp3) is 0.640. The number of nitrogens with zero attached hydrogens (tertiary/aromatic N) is 1. The van der Waals surface area contributed by atoms with Crippen LogP contribution in [0.2, 0.25) is 0 Å². The Morgan fingerprint density at radius 3 is 2.48 bits per heavy atom. The number of amides is 3. The lowest BCUT2D eigenvalue weighted by Gasteiger charge is -2.41. The molecule has 2 bridgehead atoms. The third-order valence-corrected chi connectivity index (χ3v) is 9.43. The molecule has 0 radical (unpaired) electrons. The predicted molar refractivity (Wildman–Crippen MR) is 130 cm³/mol. The summed E-state index contributed by atoms with van der Waals surface area (Å²) in [5.41, 5.74) is 0.235. The molecule has 33 heavy (non-hydrogen) atoms. The number of benzene rings is 1. The summed E-state index contributed by atoms with van der Waals surface area (Å²) in [6.07, 6.45) is 1.32. The van der Waals surface area contributed by atoms with Crippen molar-refractivity contribution in [1.29, 1.82) is 0 Å². The van der Waals surface area contributed by atoms with Crippen molar-refractivity contribution in [3.8, 4) is 0 Å². The monoisotopic (exact) mass is 473 g/mol. The summed E-state index contributed by atoms with van der Waals surface area (Å²) in [7, 11) is 0. The lowest BCUT2D eigenvalue weighted by molar-refractivity contribution is -0.142. The summed E-state index contributed by atoms with van der Waals surface area (Å²) in [5.74, 6) is -1.55. The van der Waals surface area contributed by atoms with E-state index in [9.17, 15) is 19.5 Å². The van der Waals surface area contributed by atoms with Gasteiger partial charge in [-0.2, -0.15) is 0 Å². The predicted octanol–water partition coefficient (Wildman–Crippen LogP) is 2.65. The molecule has 3 unspecified atom stereocenters. The molecular weight excluding hydrogens is 438 g/mol. The van der Waals surface area contributed by atoms with Gasteiger partial charge in [0.1, 0.15) is 6.04 Å². The van der Waals surface area contributed by atoms with Gasteiger partial charge in [-0.05, 0) is 51.7 Å². The van der Waals surface area contributed by atoms with E-state index in [0.717, 1.165) is 6.42 Å². The smallest absolute Gasteiger partial charge is 0.244 e. The zero-order valence-corrected chi connectivity index (χ0v) is 20.8. The van der Waals surface area contributed by atoms with Gasteiger partial charge in [0, 0.05) is 16.5 Å². The third-order valence-electron chi connectivity index (χ3n) is 7.35. The maximum absolute atomic E-state index is 14.0. The van der Waals surface area contributed by atoms with Gasteiger partial charge in [-0.3, -0.25) is 14.4 Å². The maximum atomic E-state index is 14.0. The minimum Gasteiger partial charge on any atom is -0.394 e. The van der Waals surface area contributed by atoms with Crippen molar-refractivity contribution in [2.45, 2.75) is 75.1 Å². The highest BCUT2D eigenvalue weighted by Gasteiger charge is 2.76. The highest BCUT2D eigenvalue weighted by Crippen LogP contribution is 2.68. The van der Waals surface area contributed by atoms with Crippen LogP contribution in [0.3, 0.4) is 0 Å². The quantitative estimate of drug-likeness (QED) is 0.590. The second-order valence-corrected chi connectivity index (χ2v) is 12.2. The molecule has 0 saturated carbocycles. The Balaban J connectivity index is 1.75. The molecule has 3 saturated heterocycles. The summed E-state index contributed by atoms with van der Waals surface area (Å²) >= 11 is 1.65. The minimum absolute atomic E-state index is 0.0149. The van der Waals surface area contributed by atoms with Crippen molar-refractivity contribution >= 4 is 35.2 Å². The first-order valence-electron chi connectivity index (χ1n) is 11.8. The number of fused-ring (bicyclic) bond motifs is 1. The van der Waals surface area contributed by atoms with Gasteiger partial charge < -0.3 is 20.6 Å². The summed E-state index contributed by atoms with van der Waals surface area (Å²) in [4.78, 5) is 42.7. The Bertz CT molecular complexity index is 929. The van der Waals surface area contributed by atoms with E-state index >= 15 is 0 Å². The number of carbonyl (C=O) groups is 3. The molecule has 3 fully saturated rings. The van der Waals surface area contributed by atoms with Gasteiger partial charge in [0.05, 0.1) is 29.2 Å². The van der Waals surface area contributed by atoms with Crippen molar-refractivity contribution in [2.24, 2.45) is 17.8 Å². The SMILES string of the molecule is CC[C@@H](CO)N1C(=O)[C@@H]2[C@H](C(=O)Nc3ccccc3)[C@@H]3CC(C)C2(S3)C1C(=O)NC(C)(C)C. The average molecular weight is 474 g/mol. The highest BCUT2D eigenvalue weighted by molar-refractivity contribution is 8.02. The van der Waals surface area contributed by atoms with E-state index < -0.39 is 34.2 Å². The fourth-order valence-electron chi connectivity index (χ4n) is 6.05. The van der Waals surface area contributed by atoms with Gasteiger partial charge in [-0.15, -0.1) is 11.8 Å². The second-order valence-electron chi connectivity index (χ2n) is 10.6. The number of nitrogens with one attached hydrogen (secondary N) is 2. The first-order chi connectivity index (χ1) is 15.5. The number of rotatable bonds is 6. The lowest BCUT2D eigenvalue weighted by atomic mass is 9.65. The number of hydrogen-bond acceptors (Lipinski definition) is 5. The number of para-hydroxylation sites is 1. The van der Waals surface area contributed by atoms with Crippen LogP contribution in [-0.2, 0) is 14.4 Å². The van der Waals surface area contributed by atoms with Crippen LogP contribution >= 0.6 is 11.8 Å². The van der Waals surface area contributed by atoms with Crippen molar-refractivity contribution in [3.05, 3.63) is 30.3 Å². The normalized spacial score (nSPS) is 33.7. The standard InChI is InChI=1S/C25H35N3O4S/c1-6-16(13-29)28-20(22(31)27-24(3,4)5)25-14(2)12-17(33-25)18(19(25)23(28)32)21(30)26-15-10-8-7-9-11-15/h7-11,14,16-20,29H,6,12-13H2,1-5H3,(H,26,30)(H,27,31)/t14?,16-,17-,18+,19-,20?,25?/m0/s1. The van der Waals surface area contributed by atoms with E-state index in [-0.39, 0.29) is 35.5 Å². The Labute approximate surface area is 200 Å². The van der Waals surface area contributed by atoms with Crippen LogP contribution in [0.4, 0.5) is 5.69 Å². The highest BCUT2D eigenvalue weighted by atomic mass is 32.2. The number of likely N-dealkylation sites (tertiary alicyclic amines) is 1. The summed E-state index contributed by atoms with van der Waals surface area (Å²) in [5, 5.41) is 16.2. The van der Waals surface area contributed by atoms with Gasteiger partial charge >= 0.3 is 0 Å². The molecule has 7 nitrogen and oxygen atoms in total. The fourth-order valence-corrected chi connectivity index (χ4v) is 8.46. The summed E-state index contributed by atoms with van der Waals surface area (Å²) in [6.45, 7) is 9.55. The van der Waals surface area contributed by atoms with Gasteiger partial charge in [-0.25, -0.2) is 0 Å². The number of hydrogen-bond donors (Lipinski definition) is 3. The molecule has 1 aromatic carbocycles. The van der Waals surface area contributed by atoms with Crippen LogP contribution in [0.25, 0.3) is 0 Å².